The highest BCUT2D eigenvalue weighted by Crippen LogP contribution is 2.28. The lowest BCUT2D eigenvalue weighted by Crippen LogP contribution is -2.28. The van der Waals surface area contributed by atoms with Crippen molar-refractivity contribution in [2.45, 2.75) is 38.8 Å². The molecule has 1 aromatic carbocycles. The number of hydrogen-bond acceptors (Lipinski definition) is 5. The van der Waals surface area contributed by atoms with Crippen molar-refractivity contribution in [2.75, 3.05) is 6.61 Å². The first-order valence-electron chi connectivity index (χ1n) is 8.25. The van der Waals surface area contributed by atoms with Gasteiger partial charge in [0.15, 0.2) is 0 Å². The van der Waals surface area contributed by atoms with Gasteiger partial charge < -0.3 is 10.5 Å². The molecule has 1 unspecified atom stereocenters. The SMILES string of the molecule is CCOC(=O)Cn1cnc([C@@H](C)CC(N)c2ccc(Cl)cc2)c(Br)c1=O. The van der Waals surface area contributed by atoms with Gasteiger partial charge in [-0.15, -0.1) is 0 Å². The highest BCUT2D eigenvalue weighted by molar-refractivity contribution is 9.10. The fourth-order valence-corrected chi connectivity index (χ4v) is 3.46. The quantitative estimate of drug-likeness (QED) is 0.664. The van der Waals surface area contributed by atoms with Gasteiger partial charge >= 0.3 is 5.97 Å². The summed E-state index contributed by atoms with van der Waals surface area (Å²) in [6, 6.07) is 7.16. The molecule has 8 heteroatoms. The molecule has 0 fully saturated rings. The van der Waals surface area contributed by atoms with Gasteiger partial charge in [-0.3, -0.25) is 14.2 Å². The van der Waals surface area contributed by atoms with Crippen LogP contribution in [0, 0.1) is 0 Å². The van der Waals surface area contributed by atoms with Crippen LogP contribution in [0.15, 0.2) is 39.9 Å². The maximum atomic E-state index is 12.4. The first-order valence-corrected chi connectivity index (χ1v) is 9.42. The highest BCUT2D eigenvalue weighted by atomic mass is 79.9. The monoisotopic (exact) mass is 441 g/mol. The van der Waals surface area contributed by atoms with Crippen molar-refractivity contribution in [3.63, 3.8) is 0 Å². The van der Waals surface area contributed by atoms with Gasteiger partial charge in [-0.05, 0) is 47.0 Å². The Hall–Kier alpha value is -1.70. The van der Waals surface area contributed by atoms with Crippen LogP contribution in [-0.4, -0.2) is 22.1 Å². The van der Waals surface area contributed by atoms with Crippen molar-refractivity contribution >= 4 is 33.5 Å². The molecule has 0 saturated carbocycles. The van der Waals surface area contributed by atoms with Gasteiger partial charge in [-0.2, -0.15) is 0 Å². The lowest BCUT2D eigenvalue weighted by Gasteiger charge is -2.19. The molecule has 6 nitrogen and oxygen atoms in total. The molecule has 26 heavy (non-hydrogen) atoms. The number of nitrogens with two attached hydrogens (primary N) is 1. The summed E-state index contributed by atoms with van der Waals surface area (Å²) in [5.41, 5.74) is 7.52. The van der Waals surface area contributed by atoms with Crippen LogP contribution in [0.5, 0.6) is 0 Å². The molecule has 2 N–H and O–H groups in total. The number of benzene rings is 1. The topological polar surface area (TPSA) is 87.2 Å². The van der Waals surface area contributed by atoms with E-state index in [1.165, 1.54) is 10.9 Å². The van der Waals surface area contributed by atoms with Gasteiger partial charge in [0.2, 0.25) is 0 Å². The fourth-order valence-electron chi connectivity index (χ4n) is 2.62. The summed E-state index contributed by atoms with van der Waals surface area (Å²) in [6.07, 6.45) is 1.97. The summed E-state index contributed by atoms with van der Waals surface area (Å²) in [4.78, 5) is 28.4. The number of esters is 1. The molecule has 0 aliphatic heterocycles. The van der Waals surface area contributed by atoms with Crippen LogP contribution in [0.2, 0.25) is 5.02 Å². The first kappa shape index (κ1) is 20.6. The average molecular weight is 443 g/mol. The molecule has 0 amide bonds. The minimum absolute atomic E-state index is 0.0556. The molecule has 0 bridgehead atoms. The minimum atomic E-state index is -0.478. The summed E-state index contributed by atoms with van der Waals surface area (Å²) < 4.78 is 6.41. The van der Waals surface area contributed by atoms with E-state index in [9.17, 15) is 9.59 Å². The predicted octanol–water partition coefficient (Wildman–Crippen LogP) is 3.42. The summed E-state index contributed by atoms with van der Waals surface area (Å²) in [5.74, 6) is -0.533. The maximum absolute atomic E-state index is 12.4. The van der Waals surface area contributed by atoms with E-state index < -0.39 is 5.97 Å². The van der Waals surface area contributed by atoms with E-state index >= 15 is 0 Å². The van der Waals surface area contributed by atoms with Crippen LogP contribution in [0.1, 0.15) is 43.5 Å². The Balaban J connectivity index is 2.14. The Morgan fingerprint density at radius 2 is 2.04 bits per heavy atom. The van der Waals surface area contributed by atoms with Crippen molar-refractivity contribution in [1.82, 2.24) is 9.55 Å². The zero-order chi connectivity index (χ0) is 19.3. The second-order valence-corrected chi connectivity index (χ2v) is 7.21. The van der Waals surface area contributed by atoms with E-state index in [-0.39, 0.29) is 30.7 Å². The van der Waals surface area contributed by atoms with Crippen LogP contribution >= 0.6 is 27.5 Å². The van der Waals surface area contributed by atoms with Crippen molar-refractivity contribution in [1.29, 1.82) is 0 Å². The minimum Gasteiger partial charge on any atom is -0.465 e. The van der Waals surface area contributed by atoms with Crippen molar-refractivity contribution < 1.29 is 9.53 Å². The van der Waals surface area contributed by atoms with Gasteiger partial charge in [0, 0.05) is 17.0 Å². The number of aromatic nitrogens is 2. The zero-order valence-corrected chi connectivity index (χ0v) is 17.0. The Labute approximate surface area is 165 Å². The molecule has 0 aliphatic rings. The molecule has 0 spiro atoms. The van der Waals surface area contributed by atoms with Crippen molar-refractivity contribution in [3.05, 3.63) is 61.7 Å². The third kappa shape index (κ3) is 5.16. The van der Waals surface area contributed by atoms with Gasteiger partial charge in [-0.1, -0.05) is 30.7 Å². The molecule has 140 valence electrons. The van der Waals surface area contributed by atoms with E-state index in [1.807, 2.05) is 19.1 Å². The van der Waals surface area contributed by atoms with Gasteiger partial charge in [0.25, 0.3) is 5.56 Å². The normalized spacial score (nSPS) is 13.3. The molecule has 2 aromatic rings. The predicted molar refractivity (Wildman–Crippen MR) is 104 cm³/mol. The summed E-state index contributed by atoms with van der Waals surface area (Å²) in [7, 11) is 0. The number of rotatable bonds is 7. The summed E-state index contributed by atoms with van der Waals surface area (Å²) in [6.45, 7) is 3.76. The van der Waals surface area contributed by atoms with E-state index in [2.05, 4.69) is 20.9 Å². The van der Waals surface area contributed by atoms with Crippen LogP contribution < -0.4 is 11.3 Å². The Bertz CT molecular complexity index is 823. The van der Waals surface area contributed by atoms with Gasteiger partial charge in [0.05, 0.1) is 18.6 Å². The Kier molecular flexibility index (Phi) is 7.37. The molecular formula is C18H21BrClN3O3. The lowest BCUT2D eigenvalue weighted by molar-refractivity contribution is -0.143. The van der Waals surface area contributed by atoms with Crippen LogP contribution in [0.4, 0.5) is 0 Å². The van der Waals surface area contributed by atoms with E-state index in [4.69, 9.17) is 22.1 Å². The number of nitrogens with zero attached hydrogens (tertiary/aromatic N) is 2. The van der Waals surface area contributed by atoms with E-state index in [0.717, 1.165) is 5.56 Å². The van der Waals surface area contributed by atoms with Crippen molar-refractivity contribution in [3.8, 4) is 0 Å². The first-order chi connectivity index (χ1) is 12.3. The van der Waals surface area contributed by atoms with Crippen LogP contribution in [0.25, 0.3) is 0 Å². The molecule has 1 heterocycles. The number of hydrogen-bond donors (Lipinski definition) is 1. The standard InChI is InChI=1S/C18H21BrClN3O3/c1-3-26-15(24)9-23-10-22-17(16(19)18(23)25)11(2)8-14(21)12-4-6-13(20)7-5-12/h4-7,10-11,14H,3,8-9,21H2,1-2H3/t11-,14?/m0/s1. The second kappa shape index (κ2) is 9.30. The number of halogens is 2. The van der Waals surface area contributed by atoms with Gasteiger partial charge in [-0.25, -0.2) is 4.98 Å². The highest BCUT2D eigenvalue weighted by Gasteiger charge is 2.19. The van der Waals surface area contributed by atoms with Crippen LogP contribution in [-0.2, 0) is 16.1 Å². The third-order valence-corrected chi connectivity index (χ3v) is 4.98. The average Bonchev–Trinajstić information content (AvgIpc) is 2.59. The molecule has 1 aromatic heterocycles. The third-order valence-electron chi connectivity index (χ3n) is 3.99. The lowest BCUT2D eigenvalue weighted by atomic mass is 9.94. The van der Waals surface area contributed by atoms with Crippen LogP contribution in [0.3, 0.4) is 0 Å². The molecule has 0 saturated heterocycles. The molecule has 2 atom stereocenters. The molecule has 0 aliphatic carbocycles. The smallest absolute Gasteiger partial charge is 0.326 e. The number of ether oxygens (including phenoxy) is 1. The Morgan fingerprint density at radius 3 is 2.65 bits per heavy atom. The van der Waals surface area contributed by atoms with E-state index in [1.54, 1.807) is 19.1 Å². The number of carbonyl (C=O) groups excluding carboxylic acids is 1. The van der Waals surface area contributed by atoms with E-state index in [0.29, 0.717) is 21.6 Å². The summed E-state index contributed by atoms with van der Waals surface area (Å²) >= 11 is 9.21. The Morgan fingerprint density at radius 1 is 1.38 bits per heavy atom. The molecule has 0 radical (unpaired) electrons. The van der Waals surface area contributed by atoms with Crippen molar-refractivity contribution in [2.24, 2.45) is 5.73 Å². The van der Waals surface area contributed by atoms with Gasteiger partial charge in [0.1, 0.15) is 11.0 Å². The zero-order valence-electron chi connectivity index (χ0n) is 14.6. The second-order valence-electron chi connectivity index (χ2n) is 5.98. The fraction of sp³-hybridized carbons (Fsp3) is 0.389. The largest absolute Gasteiger partial charge is 0.465 e. The maximum Gasteiger partial charge on any atom is 0.326 e. The number of carbonyl (C=O) groups is 1. The molecule has 2 rings (SSSR count). The summed E-state index contributed by atoms with van der Waals surface area (Å²) in [5, 5.41) is 0.656. The molecular weight excluding hydrogens is 422 g/mol.